The third-order valence-electron chi connectivity index (χ3n) is 3.67. The Morgan fingerprint density at radius 2 is 2.07 bits per heavy atom. The number of benzene rings is 1. The van der Waals surface area contributed by atoms with E-state index in [-0.39, 0.29) is 0 Å². The van der Waals surface area contributed by atoms with Crippen molar-refractivity contribution in [2.75, 3.05) is 18.0 Å². The average molecular weight is 188 g/mol. The molecular formula is C12H16N2. The first kappa shape index (κ1) is 8.30. The van der Waals surface area contributed by atoms with Gasteiger partial charge in [0.05, 0.1) is 5.54 Å². The predicted molar refractivity (Wildman–Crippen MR) is 58.5 cm³/mol. The van der Waals surface area contributed by atoms with Gasteiger partial charge in [-0.05, 0) is 30.9 Å². The Morgan fingerprint density at radius 1 is 1.29 bits per heavy atom. The Hall–Kier alpha value is -1.02. The van der Waals surface area contributed by atoms with Gasteiger partial charge in [0.2, 0.25) is 0 Å². The van der Waals surface area contributed by atoms with Gasteiger partial charge in [0, 0.05) is 18.8 Å². The zero-order valence-electron chi connectivity index (χ0n) is 8.37. The molecule has 1 saturated carbocycles. The van der Waals surface area contributed by atoms with Crippen molar-refractivity contribution in [2.45, 2.75) is 24.8 Å². The molecule has 0 atom stereocenters. The molecule has 14 heavy (non-hydrogen) atoms. The minimum atomic E-state index is 0.326. The molecule has 1 aromatic carbocycles. The Bertz CT molecular complexity index is 355. The summed E-state index contributed by atoms with van der Waals surface area (Å²) in [7, 11) is 0. The standard InChI is InChI=1S/C12H16N2/c13-9-12(6-7-12)14-8-5-10-3-1-2-4-11(10)14/h1-4H,5-9,13H2. The molecule has 1 aliphatic heterocycles. The summed E-state index contributed by atoms with van der Waals surface area (Å²) in [6.45, 7) is 1.97. The van der Waals surface area contributed by atoms with E-state index in [4.69, 9.17) is 5.73 Å². The number of anilines is 1. The van der Waals surface area contributed by atoms with Gasteiger partial charge in [-0.15, -0.1) is 0 Å². The molecule has 74 valence electrons. The van der Waals surface area contributed by atoms with Crippen molar-refractivity contribution in [1.82, 2.24) is 0 Å². The minimum Gasteiger partial charge on any atom is -0.364 e. The Balaban J connectivity index is 1.98. The highest BCUT2D eigenvalue weighted by atomic mass is 15.3. The van der Waals surface area contributed by atoms with Gasteiger partial charge < -0.3 is 10.6 Å². The number of nitrogens with zero attached hydrogens (tertiary/aromatic N) is 1. The molecule has 0 amide bonds. The van der Waals surface area contributed by atoms with E-state index in [0.29, 0.717) is 5.54 Å². The van der Waals surface area contributed by atoms with Gasteiger partial charge >= 0.3 is 0 Å². The lowest BCUT2D eigenvalue weighted by atomic mass is 10.1. The molecular weight excluding hydrogens is 172 g/mol. The lowest BCUT2D eigenvalue weighted by molar-refractivity contribution is 0.609. The molecule has 0 radical (unpaired) electrons. The number of para-hydroxylation sites is 1. The Kier molecular flexibility index (Phi) is 1.62. The van der Waals surface area contributed by atoms with Gasteiger partial charge in [0.1, 0.15) is 0 Å². The first-order valence-electron chi connectivity index (χ1n) is 5.41. The highest BCUT2D eigenvalue weighted by molar-refractivity contribution is 5.61. The van der Waals surface area contributed by atoms with Gasteiger partial charge in [-0.2, -0.15) is 0 Å². The molecule has 3 rings (SSSR count). The lowest BCUT2D eigenvalue weighted by Gasteiger charge is -2.29. The molecule has 2 aliphatic rings. The van der Waals surface area contributed by atoms with E-state index in [0.717, 1.165) is 13.1 Å². The fourth-order valence-corrected chi connectivity index (χ4v) is 2.56. The zero-order chi connectivity index (χ0) is 9.60. The summed E-state index contributed by atoms with van der Waals surface area (Å²) in [5, 5.41) is 0. The molecule has 1 heterocycles. The Labute approximate surface area is 84.7 Å². The molecule has 2 N–H and O–H groups in total. The summed E-state index contributed by atoms with van der Waals surface area (Å²) >= 11 is 0. The molecule has 0 spiro atoms. The second-order valence-electron chi connectivity index (χ2n) is 4.46. The summed E-state index contributed by atoms with van der Waals surface area (Å²) in [4.78, 5) is 2.53. The zero-order valence-corrected chi connectivity index (χ0v) is 8.37. The summed E-state index contributed by atoms with van der Waals surface area (Å²) < 4.78 is 0. The van der Waals surface area contributed by atoms with E-state index in [1.807, 2.05) is 0 Å². The molecule has 0 unspecified atom stereocenters. The van der Waals surface area contributed by atoms with Crippen molar-refractivity contribution >= 4 is 5.69 Å². The molecule has 1 fully saturated rings. The molecule has 0 saturated heterocycles. The van der Waals surface area contributed by atoms with Crippen LogP contribution in [-0.4, -0.2) is 18.6 Å². The summed E-state index contributed by atoms with van der Waals surface area (Å²) in [6.07, 6.45) is 3.74. The van der Waals surface area contributed by atoms with Crippen LogP contribution >= 0.6 is 0 Å². The monoisotopic (exact) mass is 188 g/mol. The number of hydrogen-bond acceptors (Lipinski definition) is 2. The third kappa shape index (κ3) is 1.01. The third-order valence-corrected chi connectivity index (χ3v) is 3.67. The average Bonchev–Trinajstić information content (AvgIpc) is 2.91. The molecule has 0 bridgehead atoms. The van der Waals surface area contributed by atoms with Crippen LogP contribution in [0.15, 0.2) is 24.3 Å². The van der Waals surface area contributed by atoms with Crippen molar-refractivity contribution < 1.29 is 0 Å². The molecule has 1 aromatic rings. The van der Waals surface area contributed by atoms with Crippen LogP contribution in [0.5, 0.6) is 0 Å². The summed E-state index contributed by atoms with van der Waals surface area (Å²) in [5.74, 6) is 0. The second kappa shape index (κ2) is 2.74. The molecule has 0 aromatic heterocycles. The van der Waals surface area contributed by atoms with Crippen LogP contribution in [0.2, 0.25) is 0 Å². The SMILES string of the molecule is NCC1(N2CCc3ccccc32)CC1. The predicted octanol–water partition coefficient (Wildman–Crippen LogP) is 1.54. The quantitative estimate of drug-likeness (QED) is 0.762. The van der Waals surface area contributed by atoms with Crippen LogP contribution in [0.3, 0.4) is 0 Å². The van der Waals surface area contributed by atoms with E-state index in [1.54, 1.807) is 0 Å². The maximum absolute atomic E-state index is 5.86. The van der Waals surface area contributed by atoms with Crippen LogP contribution in [-0.2, 0) is 6.42 Å². The Morgan fingerprint density at radius 3 is 2.79 bits per heavy atom. The molecule has 1 aliphatic carbocycles. The van der Waals surface area contributed by atoms with E-state index in [2.05, 4.69) is 29.2 Å². The first-order chi connectivity index (χ1) is 6.86. The van der Waals surface area contributed by atoms with E-state index in [1.165, 1.54) is 30.5 Å². The van der Waals surface area contributed by atoms with Crippen LogP contribution < -0.4 is 10.6 Å². The van der Waals surface area contributed by atoms with Crippen LogP contribution in [0.25, 0.3) is 0 Å². The van der Waals surface area contributed by atoms with Gasteiger partial charge in [-0.3, -0.25) is 0 Å². The van der Waals surface area contributed by atoms with Gasteiger partial charge in [-0.25, -0.2) is 0 Å². The smallest absolute Gasteiger partial charge is 0.0526 e. The first-order valence-corrected chi connectivity index (χ1v) is 5.41. The number of rotatable bonds is 2. The fraction of sp³-hybridized carbons (Fsp3) is 0.500. The van der Waals surface area contributed by atoms with Crippen LogP contribution in [0.4, 0.5) is 5.69 Å². The number of hydrogen-bond donors (Lipinski definition) is 1. The van der Waals surface area contributed by atoms with Crippen LogP contribution in [0, 0.1) is 0 Å². The van der Waals surface area contributed by atoms with Gasteiger partial charge in [-0.1, -0.05) is 18.2 Å². The summed E-state index contributed by atoms with van der Waals surface area (Å²) in [5.41, 5.74) is 9.11. The largest absolute Gasteiger partial charge is 0.364 e. The van der Waals surface area contributed by atoms with E-state index < -0.39 is 0 Å². The minimum absolute atomic E-state index is 0.326. The summed E-state index contributed by atoms with van der Waals surface area (Å²) in [6, 6.07) is 8.73. The van der Waals surface area contributed by atoms with Crippen molar-refractivity contribution in [3.63, 3.8) is 0 Å². The highest BCUT2D eigenvalue weighted by Gasteiger charge is 2.48. The van der Waals surface area contributed by atoms with Crippen molar-refractivity contribution in [3.05, 3.63) is 29.8 Å². The highest BCUT2D eigenvalue weighted by Crippen LogP contribution is 2.46. The molecule has 2 nitrogen and oxygen atoms in total. The van der Waals surface area contributed by atoms with Gasteiger partial charge in [0.15, 0.2) is 0 Å². The van der Waals surface area contributed by atoms with E-state index >= 15 is 0 Å². The van der Waals surface area contributed by atoms with Crippen molar-refractivity contribution in [3.8, 4) is 0 Å². The topological polar surface area (TPSA) is 29.3 Å². The van der Waals surface area contributed by atoms with Gasteiger partial charge in [0.25, 0.3) is 0 Å². The van der Waals surface area contributed by atoms with Crippen LogP contribution in [0.1, 0.15) is 18.4 Å². The number of fused-ring (bicyclic) bond motifs is 1. The fourth-order valence-electron chi connectivity index (χ4n) is 2.56. The second-order valence-corrected chi connectivity index (χ2v) is 4.46. The lowest BCUT2D eigenvalue weighted by Crippen LogP contribution is -2.41. The van der Waals surface area contributed by atoms with Crippen molar-refractivity contribution in [2.24, 2.45) is 5.73 Å². The maximum atomic E-state index is 5.86. The van der Waals surface area contributed by atoms with E-state index in [9.17, 15) is 0 Å². The van der Waals surface area contributed by atoms with Crippen molar-refractivity contribution in [1.29, 1.82) is 0 Å². The normalized spacial score (nSPS) is 22.2. The maximum Gasteiger partial charge on any atom is 0.0526 e. The molecule has 2 heteroatoms. The number of nitrogens with two attached hydrogens (primary N) is 1.